The van der Waals surface area contributed by atoms with Crippen LogP contribution in [-0.4, -0.2) is 116 Å². The minimum atomic E-state index is -5.17. The van der Waals surface area contributed by atoms with Gasteiger partial charge in [-0.3, -0.25) is 8.42 Å². The van der Waals surface area contributed by atoms with E-state index in [1.54, 1.807) is 0 Å². The molecule has 0 atom stereocenters. The second kappa shape index (κ2) is 59.6. The topological polar surface area (TPSA) is 364 Å². The molecule has 0 aliphatic rings. The van der Waals surface area contributed by atoms with E-state index in [0.717, 1.165) is 0 Å². The van der Waals surface area contributed by atoms with Gasteiger partial charge in [-0.2, -0.15) is 0 Å². The van der Waals surface area contributed by atoms with Gasteiger partial charge in [-0.15, -0.1) is 0 Å². The third-order valence-corrected chi connectivity index (χ3v) is 0. The second-order valence-corrected chi connectivity index (χ2v) is 1.22. The molecule has 0 fully saturated rings. The van der Waals surface area contributed by atoms with Crippen molar-refractivity contribution in [2.75, 3.05) is 0 Å². The predicted octanol–water partition coefficient (Wildman–Crippen LogP) is -9.14. The van der Waals surface area contributed by atoms with Gasteiger partial charge in [-0.1, -0.05) is 0 Å². The van der Waals surface area contributed by atoms with E-state index in [0.29, 0.717) is 0 Å². The molecule has 18 N–H and O–H groups in total. The van der Waals surface area contributed by atoms with Crippen LogP contribution < -0.4 is 0 Å². The summed E-state index contributed by atoms with van der Waals surface area (Å²) >= 11 is 0. The number of rotatable bonds is 0. The Bertz CT molecular complexity index is 93.7. The van der Waals surface area contributed by atoms with Crippen LogP contribution in [0.15, 0.2) is 0 Å². The third-order valence-electron chi connectivity index (χ3n) is 0. The first-order chi connectivity index (χ1) is 2.00. The Morgan fingerprint density at radius 1 is 0.533 bits per heavy atom. The van der Waals surface area contributed by atoms with E-state index in [2.05, 4.69) is 0 Å². The van der Waals surface area contributed by atoms with E-state index in [9.17, 15) is 0 Å². The van der Waals surface area contributed by atoms with Crippen molar-refractivity contribution in [3.63, 3.8) is 0 Å². The fraction of sp³-hybridized carbons (Fsp3) is 0. The van der Waals surface area contributed by atoms with Crippen LogP contribution in [0.3, 0.4) is 0 Å². The molecule has 0 amide bonds. The molecule has 0 unspecified atom stereocenters. The molecular formula is H18BaO13S. The molecule has 0 spiro atoms. The monoisotopic (exact) mass is 396 g/mol. The van der Waals surface area contributed by atoms with Crippen LogP contribution in [0.4, 0.5) is 0 Å². The summed E-state index contributed by atoms with van der Waals surface area (Å²) < 4.78 is 34.1. The van der Waals surface area contributed by atoms with Crippen molar-refractivity contribution in [2.24, 2.45) is 0 Å². The molecule has 0 aliphatic heterocycles. The van der Waals surface area contributed by atoms with Gasteiger partial charge in [-0.05, 0) is 0 Å². The first-order valence-electron chi connectivity index (χ1n) is 0.667. The van der Waals surface area contributed by atoms with Crippen molar-refractivity contribution in [1.82, 2.24) is 0 Å². The minimum Gasteiger partial charge on any atom is -0.759 e. The van der Waals surface area contributed by atoms with E-state index >= 15 is 0 Å². The van der Waals surface area contributed by atoms with Crippen LogP contribution in [0.25, 0.3) is 0 Å². The molecule has 0 rings (SSSR count). The molecule has 15 heavy (non-hydrogen) atoms. The van der Waals surface area contributed by atoms with Crippen LogP contribution in [0.2, 0.25) is 0 Å². The fourth-order valence-corrected chi connectivity index (χ4v) is 0. The van der Waals surface area contributed by atoms with Gasteiger partial charge in [-0.25, -0.2) is 0 Å². The molecule has 0 radical (unpaired) electrons. The summed E-state index contributed by atoms with van der Waals surface area (Å²) in [6, 6.07) is 0. The zero-order valence-electron chi connectivity index (χ0n) is 7.25. The standard InChI is InChI=1S/Ba.H2O4S.9H2O/c;1-5(2,3)4;;;;;;;;;/h;(H2,1,2,3,4);9*1H2/q+2;;;;;;;;;;/p-2. The van der Waals surface area contributed by atoms with Gasteiger partial charge < -0.3 is 58.4 Å². The Labute approximate surface area is 125 Å². The summed E-state index contributed by atoms with van der Waals surface area (Å²) in [6.45, 7) is 0. The van der Waals surface area contributed by atoms with E-state index in [-0.39, 0.29) is 98.2 Å². The Balaban J connectivity index is -0.00000000178. The molecule has 0 aliphatic carbocycles. The van der Waals surface area contributed by atoms with Gasteiger partial charge in [0, 0.05) is 10.4 Å². The van der Waals surface area contributed by atoms with Crippen molar-refractivity contribution in [1.29, 1.82) is 0 Å². The molecule has 0 aromatic heterocycles. The Hall–Kier alpha value is 1.08. The second-order valence-electron chi connectivity index (χ2n) is 0.408. The first-order valence-corrected chi connectivity index (χ1v) is 2.00. The molecule has 104 valence electrons. The van der Waals surface area contributed by atoms with Gasteiger partial charge in [0.25, 0.3) is 0 Å². The van der Waals surface area contributed by atoms with Gasteiger partial charge in [0.1, 0.15) is 0 Å². The quantitative estimate of drug-likeness (QED) is 0.218. The van der Waals surface area contributed by atoms with Crippen molar-refractivity contribution in [3.05, 3.63) is 0 Å². The Morgan fingerprint density at radius 3 is 0.533 bits per heavy atom. The van der Waals surface area contributed by atoms with Crippen molar-refractivity contribution in [2.45, 2.75) is 0 Å². The normalized spacial score (nSPS) is 3.87. The summed E-state index contributed by atoms with van der Waals surface area (Å²) in [5.41, 5.74) is 0. The average Bonchev–Trinajstić information content (AvgIpc) is 0.722. The van der Waals surface area contributed by atoms with Crippen molar-refractivity contribution < 1.29 is 66.8 Å². The third kappa shape index (κ3) is 2210. The van der Waals surface area contributed by atoms with E-state index in [4.69, 9.17) is 17.5 Å². The molecular weight excluding hydrogens is 377 g/mol. The number of hydrogen-bond donors (Lipinski definition) is 0. The van der Waals surface area contributed by atoms with Gasteiger partial charge >= 0.3 is 48.9 Å². The van der Waals surface area contributed by atoms with E-state index in [1.807, 2.05) is 0 Å². The Morgan fingerprint density at radius 2 is 0.533 bits per heavy atom. The molecule has 13 nitrogen and oxygen atoms in total. The van der Waals surface area contributed by atoms with Crippen molar-refractivity contribution in [3.8, 4) is 0 Å². The summed E-state index contributed by atoms with van der Waals surface area (Å²) in [6.07, 6.45) is 0. The first kappa shape index (κ1) is 142. The molecule has 0 saturated heterocycles. The maximum Gasteiger partial charge on any atom is 2.00 e. The summed E-state index contributed by atoms with van der Waals surface area (Å²) in [7, 11) is -5.17. The van der Waals surface area contributed by atoms with Crippen LogP contribution in [0.1, 0.15) is 0 Å². The smallest absolute Gasteiger partial charge is 0.759 e. The molecule has 0 bridgehead atoms. The predicted molar refractivity (Wildman–Crippen MR) is 48.8 cm³/mol. The summed E-state index contributed by atoms with van der Waals surface area (Å²) in [5, 5.41) is 0. The summed E-state index contributed by atoms with van der Waals surface area (Å²) in [4.78, 5) is 0. The van der Waals surface area contributed by atoms with Gasteiger partial charge in [0.15, 0.2) is 0 Å². The maximum absolute atomic E-state index is 8.52. The zero-order valence-corrected chi connectivity index (χ0v) is 12.5. The van der Waals surface area contributed by atoms with Crippen LogP contribution in [0.5, 0.6) is 0 Å². The van der Waals surface area contributed by atoms with Crippen LogP contribution in [-0.2, 0) is 10.4 Å². The van der Waals surface area contributed by atoms with Gasteiger partial charge in [0.2, 0.25) is 0 Å². The Kier molecular flexibility index (Phi) is 563. The average molecular weight is 396 g/mol. The molecule has 0 aromatic rings. The molecule has 15 heteroatoms. The summed E-state index contributed by atoms with van der Waals surface area (Å²) in [5.74, 6) is 0. The SMILES string of the molecule is O.O.O.O.O.O.O.O.O.O=S(=O)([O-])[O-].[Ba+2]. The fourth-order valence-electron chi connectivity index (χ4n) is 0. The van der Waals surface area contributed by atoms with Crippen LogP contribution in [0, 0.1) is 0 Å². The van der Waals surface area contributed by atoms with E-state index in [1.165, 1.54) is 0 Å². The molecule has 0 saturated carbocycles. The van der Waals surface area contributed by atoms with Gasteiger partial charge in [0.05, 0.1) is 0 Å². The van der Waals surface area contributed by atoms with E-state index < -0.39 is 10.4 Å². The van der Waals surface area contributed by atoms with Crippen molar-refractivity contribution >= 4 is 59.3 Å². The zero-order chi connectivity index (χ0) is 4.50. The molecule has 0 heterocycles. The largest absolute Gasteiger partial charge is 2.00 e. The number of hydrogen-bond acceptors (Lipinski definition) is 4. The van der Waals surface area contributed by atoms with Crippen LogP contribution >= 0.6 is 0 Å². The minimum absolute atomic E-state index is 0. The molecule has 0 aromatic carbocycles. The maximum atomic E-state index is 8.52.